The zero-order chi connectivity index (χ0) is 17.6. The highest BCUT2D eigenvalue weighted by Gasteiger charge is 2.07. The summed E-state index contributed by atoms with van der Waals surface area (Å²) in [6, 6.07) is 19.6. The average molecular weight is 334 g/mol. The molecule has 0 heterocycles. The van der Waals surface area contributed by atoms with Crippen LogP contribution in [0, 0.1) is 0 Å². The Morgan fingerprint density at radius 1 is 1.04 bits per heavy atom. The van der Waals surface area contributed by atoms with E-state index >= 15 is 0 Å². The zero-order valence-corrected chi connectivity index (χ0v) is 13.8. The summed E-state index contributed by atoms with van der Waals surface area (Å²) < 4.78 is 11.3. The maximum absolute atomic E-state index is 10.6. The minimum Gasteiger partial charge on any atom is -0.493 e. The molecule has 4 nitrogen and oxygen atoms in total. The van der Waals surface area contributed by atoms with Gasteiger partial charge in [-0.3, -0.25) is 0 Å². The summed E-state index contributed by atoms with van der Waals surface area (Å²) in [4.78, 5) is 10.6. The summed E-state index contributed by atoms with van der Waals surface area (Å²) in [6.07, 6.45) is 2.60. The summed E-state index contributed by atoms with van der Waals surface area (Å²) >= 11 is 0. The summed E-state index contributed by atoms with van der Waals surface area (Å²) in [7, 11) is 1.56. The van der Waals surface area contributed by atoms with Crippen molar-refractivity contribution in [3.8, 4) is 11.5 Å². The predicted molar refractivity (Wildman–Crippen MR) is 97.9 cm³/mol. The molecule has 0 aliphatic heterocycles. The topological polar surface area (TPSA) is 55.8 Å². The van der Waals surface area contributed by atoms with E-state index < -0.39 is 5.97 Å². The van der Waals surface area contributed by atoms with Crippen molar-refractivity contribution in [3.05, 3.63) is 77.9 Å². The largest absolute Gasteiger partial charge is 0.493 e. The first-order valence-electron chi connectivity index (χ1n) is 7.86. The van der Waals surface area contributed by atoms with Crippen LogP contribution >= 0.6 is 0 Å². The lowest BCUT2D eigenvalue weighted by Crippen LogP contribution is -1.98. The van der Waals surface area contributed by atoms with E-state index in [1.54, 1.807) is 25.3 Å². The van der Waals surface area contributed by atoms with E-state index in [2.05, 4.69) is 18.2 Å². The molecule has 0 saturated heterocycles. The van der Waals surface area contributed by atoms with E-state index in [0.29, 0.717) is 18.1 Å². The molecule has 1 N–H and O–H groups in total. The fourth-order valence-electron chi connectivity index (χ4n) is 2.65. The molecule has 3 rings (SSSR count). The van der Waals surface area contributed by atoms with Crippen molar-refractivity contribution in [1.29, 1.82) is 0 Å². The molecule has 3 aromatic rings. The standard InChI is InChI=1S/C21H18O4/c1-24-20-13-15(10-12-21(22)23)9-11-19(20)25-14-17-7-4-6-16-5-2-3-8-18(16)17/h2-13H,14H2,1H3,(H,22,23)/b12-10+. The number of ether oxygens (including phenoxy) is 2. The molecule has 0 radical (unpaired) electrons. The second-order valence-electron chi connectivity index (χ2n) is 5.51. The van der Waals surface area contributed by atoms with Crippen LogP contribution in [0.15, 0.2) is 66.7 Å². The van der Waals surface area contributed by atoms with E-state index in [4.69, 9.17) is 14.6 Å². The van der Waals surface area contributed by atoms with E-state index in [0.717, 1.165) is 22.6 Å². The van der Waals surface area contributed by atoms with Gasteiger partial charge in [0.15, 0.2) is 11.5 Å². The van der Waals surface area contributed by atoms with Gasteiger partial charge >= 0.3 is 5.97 Å². The van der Waals surface area contributed by atoms with E-state index in [-0.39, 0.29) is 0 Å². The summed E-state index contributed by atoms with van der Waals surface area (Å²) in [5.74, 6) is 0.186. The van der Waals surface area contributed by atoms with Crippen molar-refractivity contribution >= 4 is 22.8 Å². The number of hydrogen-bond donors (Lipinski definition) is 1. The van der Waals surface area contributed by atoms with Crippen molar-refractivity contribution in [2.75, 3.05) is 7.11 Å². The van der Waals surface area contributed by atoms with Crippen LogP contribution in [-0.2, 0) is 11.4 Å². The molecule has 0 unspecified atom stereocenters. The quantitative estimate of drug-likeness (QED) is 0.673. The Bertz CT molecular complexity index is 923. The average Bonchev–Trinajstić information content (AvgIpc) is 2.64. The number of aliphatic carboxylic acids is 1. The van der Waals surface area contributed by atoms with Crippen LogP contribution in [0.5, 0.6) is 11.5 Å². The van der Waals surface area contributed by atoms with Crippen LogP contribution in [-0.4, -0.2) is 18.2 Å². The first-order valence-corrected chi connectivity index (χ1v) is 7.86. The van der Waals surface area contributed by atoms with E-state index in [9.17, 15) is 4.79 Å². The summed E-state index contributed by atoms with van der Waals surface area (Å²) in [6.45, 7) is 0.419. The normalized spacial score (nSPS) is 10.9. The van der Waals surface area contributed by atoms with Crippen LogP contribution < -0.4 is 9.47 Å². The predicted octanol–water partition coefficient (Wildman–Crippen LogP) is 4.53. The van der Waals surface area contributed by atoms with E-state index in [1.807, 2.05) is 24.3 Å². The Kier molecular flexibility index (Phi) is 5.00. The SMILES string of the molecule is COc1cc(/C=C/C(=O)O)ccc1OCc1cccc2ccccc12. The molecule has 25 heavy (non-hydrogen) atoms. The molecule has 0 spiro atoms. The lowest BCUT2D eigenvalue weighted by Gasteiger charge is -2.12. The third kappa shape index (κ3) is 3.98. The lowest BCUT2D eigenvalue weighted by molar-refractivity contribution is -0.131. The Hall–Kier alpha value is -3.27. The maximum Gasteiger partial charge on any atom is 0.328 e. The number of methoxy groups -OCH3 is 1. The van der Waals surface area contributed by atoms with Crippen molar-refractivity contribution in [3.63, 3.8) is 0 Å². The lowest BCUT2D eigenvalue weighted by atomic mass is 10.1. The molecule has 0 saturated carbocycles. The number of hydrogen-bond acceptors (Lipinski definition) is 3. The van der Waals surface area contributed by atoms with Crippen molar-refractivity contribution in [2.45, 2.75) is 6.61 Å². The monoisotopic (exact) mass is 334 g/mol. The maximum atomic E-state index is 10.6. The van der Waals surface area contributed by atoms with Gasteiger partial charge in [0.1, 0.15) is 6.61 Å². The van der Waals surface area contributed by atoms with Crippen LogP contribution in [0.2, 0.25) is 0 Å². The van der Waals surface area contributed by atoms with Crippen LogP contribution in [0.4, 0.5) is 0 Å². The highest BCUT2D eigenvalue weighted by Crippen LogP contribution is 2.30. The van der Waals surface area contributed by atoms with Gasteiger partial charge in [0.25, 0.3) is 0 Å². The smallest absolute Gasteiger partial charge is 0.328 e. The molecule has 126 valence electrons. The third-order valence-electron chi connectivity index (χ3n) is 3.87. The van der Waals surface area contributed by atoms with Crippen LogP contribution in [0.3, 0.4) is 0 Å². The molecule has 3 aromatic carbocycles. The van der Waals surface area contributed by atoms with Crippen molar-refractivity contribution < 1.29 is 19.4 Å². The van der Waals surface area contributed by atoms with Gasteiger partial charge in [0.2, 0.25) is 0 Å². The number of fused-ring (bicyclic) bond motifs is 1. The van der Waals surface area contributed by atoms with Crippen molar-refractivity contribution in [2.24, 2.45) is 0 Å². The molecule has 0 aliphatic rings. The van der Waals surface area contributed by atoms with Crippen molar-refractivity contribution in [1.82, 2.24) is 0 Å². The number of carboxylic acids is 1. The fourth-order valence-corrected chi connectivity index (χ4v) is 2.65. The number of carboxylic acid groups (broad SMARTS) is 1. The third-order valence-corrected chi connectivity index (χ3v) is 3.87. The molecular weight excluding hydrogens is 316 g/mol. The van der Waals surface area contributed by atoms with Gasteiger partial charge in [-0.1, -0.05) is 48.5 Å². The Morgan fingerprint density at radius 3 is 2.64 bits per heavy atom. The Labute approximate surface area is 145 Å². The second kappa shape index (κ2) is 7.53. The molecule has 0 amide bonds. The minimum atomic E-state index is -0.991. The molecule has 0 bridgehead atoms. The minimum absolute atomic E-state index is 0.419. The van der Waals surface area contributed by atoms with Gasteiger partial charge in [-0.15, -0.1) is 0 Å². The molecule has 4 heteroatoms. The first-order chi connectivity index (χ1) is 12.2. The number of benzene rings is 3. The molecule has 0 aromatic heterocycles. The fraction of sp³-hybridized carbons (Fsp3) is 0.0952. The number of carbonyl (C=O) groups is 1. The number of rotatable bonds is 6. The molecular formula is C21H18O4. The zero-order valence-electron chi connectivity index (χ0n) is 13.8. The summed E-state index contributed by atoms with van der Waals surface area (Å²) in [5.41, 5.74) is 1.83. The van der Waals surface area contributed by atoms with Gasteiger partial charge in [-0.05, 0) is 40.1 Å². The highest BCUT2D eigenvalue weighted by atomic mass is 16.5. The van der Waals surface area contributed by atoms with E-state index in [1.165, 1.54) is 11.5 Å². The van der Waals surface area contributed by atoms with Gasteiger partial charge in [0, 0.05) is 6.08 Å². The second-order valence-corrected chi connectivity index (χ2v) is 5.51. The Balaban J connectivity index is 1.81. The van der Waals surface area contributed by atoms with Crippen LogP contribution in [0.25, 0.3) is 16.8 Å². The van der Waals surface area contributed by atoms with Gasteiger partial charge in [0.05, 0.1) is 7.11 Å². The molecule has 0 fully saturated rings. The first kappa shape index (κ1) is 16.6. The van der Waals surface area contributed by atoms with Crippen LogP contribution in [0.1, 0.15) is 11.1 Å². The van der Waals surface area contributed by atoms with Gasteiger partial charge in [-0.2, -0.15) is 0 Å². The summed E-state index contributed by atoms with van der Waals surface area (Å²) in [5, 5.41) is 11.0. The Morgan fingerprint density at radius 2 is 1.84 bits per heavy atom. The highest BCUT2D eigenvalue weighted by molar-refractivity contribution is 5.86. The van der Waals surface area contributed by atoms with Gasteiger partial charge in [-0.25, -0.2) is 4.79 Å². The molecule has 0 aliphatic carbocycles. The van der Waals surface area contributed by atoms with Gasteiger partial charge < -0.3 is 14.6 Å². The molecule has 0 atom stereocenters.